The molecule has 2 rings (SSSR count). The van der Waals surface area contributed by atoms with E-state index in [1.54, 1.807) is 13.0 Å². The van der Waals surface area contributed by atoms with Crippen molar-refractivity contribution < 1.29 is 13.2 Å². The van der Waals surface area contributed by atoms with Gasteiger partial charge in [0.05, 0.1) is 4.47 Å². The van der Waals surface area contributed by atoms with E-state index < -0.39 is 17.7 Å². The summed E-state index contributed by atoms with van der Waals surface area (Å²) in [6.07, 6.45) is 0.412. The predicted molar refractivity (Wildman–Crippen MR) is 75.8 cm³/mol. The average molecular weight is 344 g/mol. The fourth-order valence-corrected chi connectivity index (χ4v) is 2.68. The number of halogens is 4. The van der Waals surface area contributed by atoms with Crippen molar-refractivity contribution >= 4 is 15.9 Å². The molecule has 0 heterocycles. The maximum atomic E-state index is 13.5. The Morgan fingerprint density at radius 1 is 1.15 bits per heavy atom. The second kappa shape index (κ2) is 5.97. The Morgan fingerprint density at radius 2 is 1.85 bits per heavy atom. The monoisotopic (exact) mass is 343 g/mol. The largest absolute Gasteiger partial charge is 0.324 e. The molecule has 0 bridgehead atoms. The van der Waals surface area contributed by atoms with Gasteiger partial charge in [-0.3, -0.25) is 0 Å². The molecule has 0 aliphatic carbocycles. The van der Waals surface area contributed by atoms with E-state index in [4.69, 9.17) is 5.73 Å². The van der Waals surface area contributed by atoms with Gasteiger partial charge >= 0.3 is 0 Å². The van der Waals surface area contributed by atoms with Crippen LogP contribution in [0.4, 0.5) is 13.2 Å². The van der Waals surface area contributed by atoms with Crippen molar-refractivity contribution in [2.75, 3.05) is 0 Å². The van der Waals surface area contributed by atoms with Gasteiger partial charge in [0.15, 0.2) is 11.6 Å². The highest BCUT2D eigenvalue weighted by Crippen LogP contribution is 2.29. The van der Waals surface area contributed by atoms with Gasteiger partial charge in [0.25, 0.3) is 0 Å². The topological polar surface area (TPSA) is 26.0 Å². The second-order valence-corrected chi connectivity index (χ2v) is 5.44. The first kappa shape index (κ1) is 15.1. The molecule has 1 unspecified atom stereocenters. The molecule has 0 saturated carbocycles. The molecule has 1 atom stereocenters. The quantitative estimate of drug-likeness (QED) is 0.820. The lowest BCUT2D eigenvalue weighted by molar-refractivity contribution is 0.500. The first-order valence-corrected chi connectivity index (χ1v) is 6.83. The molecule has 5 heteroatoms. The normalized spacial score (nSPS) is 12.5. The number of rotatable bonds is 3. The van der Waals surface area contributed by atoms with Crippen LogP contribution in [0.1, 0.15) is 22.7 Å². The zero-order valence-electron chi connectivity index (χ0n) is 10.8. The van der Waals surface area contributed by atoms with Crippen LogP contribution < -0.4 is 5.73 Å². The molecule has 0 saturated heterocycles. The van der Waals surface area contributed by atoms with Gasteiger partial charge in [-0.15, -0.1) is 0 Å². The Hall–Kier alpha value is -1.33. The molecule has 2 N–H and O–H groups in total. The van der Waals surface area contributed by atoms with Gasteiger partial charge in [0.1, 0.15) is 5.82 Å². The van der Waals surface area contributed by atoms with E-state index in [2.05, 4.69) is 15.9 Å². The molecule has 0 aliphatic rings. The number of nitrogens with two attached hydrogens (primary N) is 1. The Bertz CT molecular complexity index is 643. The van der Waals surface area contributed by atoms with E-state index in [1.807, 2.05) is 0 Å². The molecule has 106 valence electrons. The zero-order chi connectivity index (χ0) is 14.9. The van der Waals surface area contributed by atoms with Crippen LogP contribution in [0.5, 0.6) is 0 Å². The minimum absolute atomic E-state index is 0.0322. The van der Waals surface area contributed by atoms with Crippen molar-refractivity contribution in [1.29, 1.82) is 0 Å². The van der Waals surface area contributed by atoms with Gasteiger partial charge in [-0.05, 0) is 64.2 Å². The smallest absolute Gasteiger partial charge is 0.173 e. The lowest BCUT2D eigenvalue weighted by atomic mass is 9.96. The third-order valence-corrected chi connectivity index (χ3v) is 4.01. The minimum atomic E-state index is -0.950. The molecule has 20 heavy (non-hydrogen) atoms. The Labute approximate surface area is 123 Å². The number of hydrogen-bond donors (Lipinski definition) is 1. The van der Waals surface area contributed by atoms with E-state index in [0.717, 1.165) is 17.2 Å². The molecule has 0 fully saturated rings. The number of hydrogen-bond acceptors (Lipinski definition) is 1. The zero-order valence-corrected chi connectivity index (χ0v) is 12.3. The van der Waals surface area contributed by atoms with E-state index >= 15 is 0 Å². The standard InChI is InChI=1S/C15H13BrF3N/c1-8-6-10(17)3-2-9(8)7-13(20)11-4-5-12(18)15(19)14(11)16/h2-6,13H,7,20H2,1H3. The summed E-state index contributed by atoms with van der Waals surface area (Å²) in [5.74, 6) is -2.19. The highest BCUT2D eigenvalue weighted by atomic mass is 79.9. The maximum Gasteiger partial charge on any atom is 0.173 e. The van der Waals surface area contributed by atoms with Gasteiger partial charge < -0.3 is 5.73 Å². The van der Waals surface area contributed by atoms with Crippen LogP contribution in [0.25, 0.3) is 0 Å². The summed E-state index contributed by atoms with van der Waals surface area (Å²) in [7, 11) is 0. The molecular formula is C15H13BrF3N. The lowest BCUT2D eigenvalue weighted by Crippen LogP contribution is -2.15. The molecule has 0 aromatic heterocycles. The van der Waals surface area contributed by atoms with Crippen molar-refractivity contribution in [2.24, 2.45) is 5.73 Å². The first-order chi connectivity index (χ1) is 9.40. The SMILES string of the molecule is Cc1cc(F)ccc1CC(N)c1ccc(F)c(F)c1Br. The molecular weight excluding hydrogens is 331 g/mol. The molecule has 0 radical (unpaired) electrons. The van der Waals surface area contributed by atoms with Crippen molar-refractivity contribution in [3.63, 3.8) is 0 Å². The summed E-state index contributed by atoms with van der Waals surface area (Å²) in [6.45, 7) is 1.78. The van der Waals surface area contributed by atoms with Gasteiger partial charge in [-0.1, -0.05) is 12.1 Å². The number of aryl methyl sites for hydroxylation is 1. The summed E-state index contributed by atoms with van der Waals surface area (Å²) in [5.41, 5.74) is 8.17. The van der Waals surface area contributed by atoms with Crippen LogP contribution in [-0.2, 0) is 6.42 Å². The summed E-state index contributed by atoms with van der Waals surface area (Å²) in [5, 5.41) is 0. The molecule has 1 nitrogen and oxygen atoms in total. The first-order valence-electron chi connectivity index (χ1n) is 6.04. The maximum absolute atomic E-state index is 13.5. The fourth-order valence-electron chi connectivity index (χ4n) is 2.06. The Balaban J connectivity index is 2.28. The second-order valence-electron chi connectivity index (χ2n) is 4.65. The third kappa shape index (κ3) is 3.04. The average Bonchev–Trinajstić information content (AvgIpc) is 2.39. The van der Waals surface area contributed by atoms with Gasteiger partial charge in [-0.25, -0.2) is 13.2 Å². The van der Waals surface area contributed by atoms with E-state index in [0.29, 0.717) is 12.0 Å². The van der Waals surface area contributed by atoms with E-state index in [9.17, 15) is 13.2 Å². The number of benzene rings is 2. The lowest BCUT2D eigenvalue weighted by Gasteiger charge is -2.16. The molecule has 0 spiro atoms. The van der Waals surface area contributed by atoms with Crippen molar-refractivity contribution in [2.45, 2.75) is 19.4 Å². The van der Waals surface area contributed by atoms with Crippen LogP contribution in [0.3, 0.4) is 0 Å². The van der Waals surface area contributed by atoms with Crippen LogP contribution in [0, 0.1) is 24.4 Å². The Kier molecular flexibility index (Phi) is 4.50. The van der Waals surface area contributed by atoms with Gasteiger partial charge in [0.2, 0.25) is 0 Å². The Morgan fingerprint density at radius 3 is 2.50 bits per heavy atom. The van der Waals surface area contributed by atoms with Crippen LogP contribution in [-0.4, -0.2) is 0 Å². The summed E-state index contributed by atoms with van der Waals surface area (Å²) >= 11 is 3.02. The molecule has 0 aliphatic heterocycles. The molecule has 2 aromatic carbocycles. The van der Waals surface area contributed by atoms with Crippen molar-refractivity contribution in [3.8, 4) is 0 Å². The summed E-state index contributed by atoms with van der Waals surface area (Å²) < 4.78 is 39.6. The van der Waals surface area contributed by atoms with Crippen LogP contribution in [0.2, 0.25) is 0 Å². The molecule has 2 aromatic rings. The van der Waals surface area contributed by atoms with Gasteiger partial charge in [0, 0.05) is 6.04 Å². The van der Waals surface area contributed by atoms with Gasteiger partial charge in [-0.2, -0.15) is 0 Å². The van der Waals surface area contributed by atoms with Crippen molar-refractivity contribution in [1.82, 2.24) is 0 Å². The molecule has 0 amide bonds. The highest BCUT2D eigenvalue weighted by Gasteiger charge is 2.17. The third-order valence-electron chi connectivity index (χ3n) is 3.21. The summed E-state index contributed by atoms with van der Waals surface area (Å²) in [6, 6.07) is 6.41. The van der Waals surface area contributed by atoms with E-state index in [-0.39, 0.29) is 10.3 Å². The minimum Gasteiger partial charge on any atom is -0.324 e. The van der Waals surface area contributed by atoms with E-state index in [1.165, 1.54) is 18.2 Å². The predicted octanol–water partition coefficient (Wildman–Crippen LogP) is 4.42. The fraction of sp³-hybridized carbons (Fsp3) is 0.200. The highest BCUT2D eigenvalue weighted by molar-refractivity contribution is 9.10. The van der Waals surface area contributed by atoms with Crippen LogP contribution in [0.15, 0.2) is 34.8 Å². The summed E-state index contributed by atoms with van der Waals surface area (Å²) in [4.78, 5) is 0. The van der Waals surface area contributed by atoms with Crippen LogP contribution >= 0.6 is 15.9 Å². The van der Waals surface area contributed by atoms with Crippen molar-refractivity contribution in [3.05, 3.63) is 68.9 Å².